The molecule has 2 fully saturated rings. The first-order valence-electron chi connectivity index (χ1n) is 8.78. The maximum atomic E-state index is 12.6. The minimum atomic E-state index is -0.0435. The van der Waals surface area contributed by atoms with Crippen LogP contribution in [0.5, 0.6) is 0 Å². The van der Waals surface area contributed by atoms with Crippen LogP contribution in [0.2, 0.25) is 0 Å². The van der Waals surface area contributed by atoms with Crippen LogP contribution in [-0.2, 0) is 9.59 Å². The number of anilines is 1. The largest absolute Gasteiger partial charge is 0.342 e. The highest BCUT2D eigenvalue weighted by Crippen LogP contribution is 2.23. The number of nitrogens with zero attached hydrogens (tertiary/aromatic N) is 3. The molecule has 132 valence electrons. The van der Waals surface area contributed by atoms with Gasteiger partial charge in [0.05, 0.1) is 18.2 Å². The van der Waals surface area contributed by atoms with E-state index in [0.29, 0.717) is 18.2 Å². The van der Waals surface area contributed by atoms with Crippen LogP contribution in [0.15, 0.2) is 0 Å². The highest BCUT2D eigenvalue weighted by molar-refractivity contribution is 7.15. The van der Waals surface area contributed by atoms with E-state index in [2.05, 4.69) is 15.2 Å². The molecule has 2 amide bonds. The van der Waals surface area contributed by atoms with Gasteiger partial charge >= 0.3 is 0 Å². The summed E-state index contributed by atoms with van der Waals surface area (Å²) in [5.41, 5.74) is 0.963. The maximum absolute atomic E-state index is 12.6. The summed E-state index contributed by atoms with van der Waals surface area (Å²) in [5, 5.41) is 3.55. The molecule has 1 atom stereocenters. The quantitative estimate of drug-likeness (QED) is 0.902. The third kappa shape index (κ3) is 4.13. The summed E-state index contributed by atoms with van der Waals surface area (Å²) >= 11 is 1.50. The van der Waals surface area contributed by atoms with Crippen molar-refractivity contribution in [3.8, 4) is 0 Å². The van der Waals surface area contributed by atoms with Crippen molar-refractivity contribution in [3.63, 3.8) is 0 Å². The smallest absolute Gasteiger partial charge is 0.240 e. The fourth-order valence-electron chi connectivity index (χ4n) is 3.48. The van der Waals surface area contributed by atoms with Crippen molar-refractivity contribution >= 4 is 28.3 Å². The van der Waals surface area contributed by atoms with E-state index < -0.39 is 0 Å². The Bertz CT molecular complexity index is 590. The summed E-state index contributed by atoms with van der Waals surface area (Å²) < 4.78 is 0. The third-order valence-corrected chi connectivity index (χ3v) is 5.90. The second-order valence-corrected chi connectivity index (χ2v) is 8.02. The van der Waals surface area contributed by atoms with Crippen molar-refractivity contribution in [3.05, 3.63) is 10.6 Å². The van der Waals surface area contributed by atoms with Gasteiger partial charge in [0.15, 0.2) is 5.13 Å². The molecule has 1 aromatic rings. The fraction of sp³-hybridized carbons (Fsp3) is 0.706. The van der Waals surface area contributed by atoms with Crippen molar-refractivity contribution in [1.29, 1.82) is 0 Å². The van der Waals surface area contributed by atoms with Crippen LogP contribution in [0.3, 0.4) is 0 Å². The van der Waals surface area contributed by atoms with Crippen molar-refractivity contribution in [2.24, 2.45) is 5.92 Å². The molecule has 7 heteroatoms. The number of hydrogen-bond acceptors (Lipinski definition) is 5. The lowest BCUT2D eigenvalue weighted by molar-refractivity contribution is -0.136. The number of aromatic nitrogens is 1. The van der Waals surface area contributed by atoms with Crippen LogP contribution in [0.1, 0.15) is 36.3 Å². The summed E-state index contributed by atoms with van der Waals surface area (Å²) in [5.74, 6) is 0.288. The predicted molar refractivity (Wildman–Crippen MR) is 95.2 cm³/mol. The molecule has 0 radical (unpaired) electrons. The molecule has 3 rings (SSSR count). The SMILES string of the molecule is Cc1nc(NC(=O)CN2CCCC(C(=O)N3CCCC3)C2)sc1C. The number of thiazole rings is 1. The van der Waals surface area contributed by atoms with Crippen LogP contribution < -0.4 is 5.32 Å². The van der Waals surface area contributed by atoms with Crippen LogP contribution in [0.4, 0.5) is 5.13 Å². The number of piperidine rings is 1. The number of aryl methyl sites for hydroxylation is 2. The van der Waals surface area contributed by atoms with Gasteiger partial charge in [0.1, 0.15) is 0 Å². The highest BCUT2D eigenvalue weighted by Gasteiger charge is 2.31. The zero-order chi connectivity index (χ0) is 17.1. The normalized spacial score (nSPS) is 21.9. The molecule has 2 saturated heterocycles. The predicted octanol–water partition coefficient (Wildman–Crippen LogP) is 2.03. The first kappa shape index (κ1) is 17.4. The maximum Gasteiger partial charge on any atom is 0.240 e. The molecule has 1 N–H and O–H groups in total. The van der Waals surface area contributed by atoms with E-state index >= 15 is 0 Å². The minimum Gasteiger partial charge on any atom is -0.342 e. The molecule has 0 bridgehead atoms. The van der Waals surface area contributed by atoms with E-state index in [1.54, 1.807) is 0 Å². The first-order valence-corrected chi connectivity index (χ1v) is 9.59. The molecule has 0 saturated carbocycles. The topological polar surface area (TPSA) is 65.5 Å². The molecule has 2 aliphatic heterocycles. The zero-order valence-electron chi connectivity index (χ0n) is 14.5. The number of likely N-dealkylation sites (tertiary alicyclic amines) is 2. The lowest BCUT2D eigenvalue weighted by atomic mass is 9.96. The Labute approximate surface area is 147 Å². The Morgan fingerprint density at radius 2 is 1.96 bits per heavy atom. The summed E-state index contributed by atoms with van der Waals surface area (Å²) in [4.78, 5) is 34.4. The Morgan fingerprint density at radius 1 is 1.21 bits per heavy atom. The van der Waals surface area contributed by atoms with Crippen LogP contribution >= 0.6 is 11.3 Å². The van der Waals surface area contributed by atoms with E-state index in [0.717, 1.165) is 55.9 Å². The zero-order valence-corrected chi connectivity index (χ0v) is 15.3. The van der Waals surface area contributed by atoms with E-state index in [-0.39, 0.29) is 17.7 Å². The number of nitrogens with one attached hydrogen (secondary N) is 1. The Kier molecular flexibility index (Phi) is 5.50. The summed E-state index contributed by atoms with van der Waals surface area (Å²) in [7, 11) is 0. The van der Waals surface area contributed by atoms with E-state index in [9.17, 15) is 9.59 Å². The van der Waals surface area contributed by atoms with Gasteiger partial charge in [0, 0.05) is 24.5 Å². The minimum absolute atomic E-state index is 0.0435. The van der Waals surface area contributed by atoms with Gasteiger partial charge in [-0.15, -0.1) is 11.3 Å². The number of carbonyl (C=O) groups is 2. The van der Waals surface area contributed by atoms with Crippen molar-refractivity contribution in [2.45, 2.75) is 39.5 Å². The lowest BCUT2D eigenvalue weighted by Crippen LogP contribution is -2.46. The van der Waals surface area contributed by atoms with Crippen LogP contribution in [0, 0.1) is 19.8 Å². The molecular weight excluding hydrogens is 324 g/mol. The summed E-state index contributed by atoms with van der Waals surface area (Å²) in [6.07, 6.45) is 4.17. The molecule has 6 nitrogen and oxygen atoms in total. The number of hydrogen-bond donors (Lipinski definition) is 1. The van der Waals surface area contributed by atoms with E-state index in [1.807, 2.05) is 18.7 Å². The van der Waals surface area contributed by atoms with Gasteiger partial charge in [-0.3, -0.25) is 14.5 Å². The standard InChI is InChI=1S/C17H26N4O2S/c1-12-13(2)24-17(18-12)19-15(22)11-20-7-5-6-14(10-20)16(23)21-8-3-4-9-21/h14H,3-11H2,1-2H3,(H,18,19,22). The van der Waals surface area contributed by atoms with Crippen LogP contribution in [0.25, 0.3) is 0 Å². The van der Waals surface area contributed by atoms with Gasteiger partial charge in [-0.1, -0.05) is 0 Å². The molecule has 2 aliphatic rings. The molecule has 0 aliphatic carbocycles. The van der Waals surface area contributed by atoms with Gasteiger partial charge in [-0.2, -0.15) is 0 Å². The molecule has 24 heavy (non-hydrogen) atoms. The molecular formula is C17H26N4O2S. The Morgan fingerprint density at radius 3 is 2.62 bits per heavy atom. The van der Waals surface area contributed by atoms with Crippen molar-refractivity contribution < 1.29 is 9.59 Å². The van der Waals surface area contributed by atoms with Gasteiger partial charge in [0.2, 0.25) is 11.8 Å². The van der Waals surface area contributed by atoms with Gasteiger partial charge in [-0.25, -0.2) is 4.98 Å². The number of carbonyl (C=O) groups excluding carboxylic acids is 2. The summed E-state index contributed by atoms with van der Waals surface area (Å²) in [6.45, 7) is 7.66. The van der Waals surface area contributed by atoms with Crippen molar-refractivity contribution in [1.82, 2.24) is 14.8 Å². The molecule has 1 unspecified atom stereocenters. The van der Waals surface area contributed by atoms with Gasteiger partial charge < -0.3 is 10.2 Å². The van der Waals surface area contributed by atoms with Gasteiger partial charge in [0.25, 0.3) is 0 Å². The molecule has 0 aromatic carbocycles. The van der Waals surface area contributed by atoms with Gasteiger partial charge in [-0.05, 0) is 46.1 Å². The number of amides is 2. The Balaban J connectivity index is 1.51. The van der Waals surface area contributed by atoms with Crippen molar-refractivity contribution in [2.75, 3.05) is 38.0 Å². The monoisotopic (exact) mass is 350 g/mol. The lowest BCUT2D eigenvalue weighted by Gasteiger charge is -2.33. The Hall–Kier alpha value is -1.47. The fourth-order valence-corrected chi connectivity index (χ4v) is 4.32. The average molecular weight is 350 g/mol. The van der Waals surface area contributed by atoms with E-state index in [1.165, 1.54) is 11.3 Å². The third-order valence-electron chi connectivity index (χ3n) is 4.91. The second-order valence-electron chi connectivity index (χ2n) is 6.82. The molecule has 3 heterocycles. The second kappa shape index (κ2) is 7.61. The van der Waals surface area contributed by atoms with Crippen LogP contribution in [-0.4, -0.2) is 59.3 Å². The molecule has 1 aromatic heterocycles. The first-order chi connectivity index (χ1) is 11.5. The van der Waals surface area contributed by atoms with E-state index in [4.69, 9.17) is 0 Å². The average Bonchev–Trinajstić information content (AvgIpc) is 3.17. The molecule has 0 spiro atoms. The highest BCUT2D eigenvalue weighted by atomic mass is 32.1. The summed E-state index contributed by atoms with van der Waals surface area (Å²) in [6, 6.07) is 0. The number of rotatable bonds is 4.